The van der Waals surface area contributed by atoms with E-state index in [1.165, 1.54) is 30.0 Å². The van der Waals surface area contributed by atoms with Gasteiger partial charge in [-0.1, -0.05) is 30.0 Å². The Balaban J connectivity index is 2.43. The van der Waals surface area contributed by atoms with Gasteiger partial charge in [0.1, 0.15) is 11.5 Å². The molecule has 21 heavy (non-hydrogen) atoms. The molecule has 4 N–H and O–H groups in total. The Hall–Kier alpha value is -2.34. The highest BCUT2D eigenvalue weighted by Crippen LogP contribution is 2.46. The van der Waals surface area contributed by atoms with Crippen LogP contribution in [0.25, 0.3) is 0 Å². The van der Waals surface area contributed by atoms with Crippen LogP contribution >= 0.6 is 11.8 Å². The van der Waals surface area contributed by atoms with Gasteiger partial charge in [-0.2, -0.15) is 0 Å². The zero-order chi connectivity index (χ0) is 15.5. The minimum Gasteiger partial charge on any atom is -0.508 e. The molecular weight excluding hydrogens is 290 g/mol. The Kier molecular flexibility index (Phi) is 4.28. The van der Waals surface area contributed by atoms with Crippen LogP contribution in [-0.4, -0.2) is 16.3 Å². The average Bonchev–Trinajstić information content (AvgIpc) is 2.38. The van der Waals surface area contributed by atoms with E-state index in [2.05, 4.69) is 0 Å². The Morgan fingerprint density at radius 3 is 2.43 bits per heavy atom. The first-order chi connectivity index (χ1) is 9.90. The van der Waals surface area contributed by atoms with Crippen molar-refractivity contribution in [3.8, 4) is 11.5 Å². The summed E-state index contributed by atoms with van der Waals surface area (Å²) in [5.41, 5.74) is 5.48. The third kappa shape index (κ3) is 3.61. The molecule has 0 aromatic heterocycles. The molecule has 0 saturated heterocycles. The number of primary amides is 1. The maximum atomic E-state index is 11.2. The van der Waals surface area contributed by atoms with Gasteiger partial charge < -0.3 is 20.7 Å². The molecule has 0 radical (unpaired) electrons. The summed E-state index contributed by atoms with van der Waals surface area (Å²) in [6.45, 7) is 1.63. The number of benzene rings is 2. The molecule has 1 unspecified atom stereocenters. The van der Waals surface area contributed by atoms with Crippen molar-refractivity contribution in [2.45, 2.75) is 16.8 Å². The van der Waals surface area contributed by atoms with Gasteiger partial charge in [0.15, 0.2) is 4.93 Å². The number of amides is 1. The highest BCUT2D eigenvalue weighted by Gasteiger charge is 2.34. The summed E-state index contributed by atoms with van der Waals surface area (Å²) in [6, 6.07) is 13.4. The molecule has 0 spiro atoms. The van der Waals surface area contributed by atoms with Crippen LogP contribution < -0.4 is 5.73 Å². The lowest BCUT2D eigenvalue weighted by Crippen LogP contribution is -2.29. The van der Waals surface area contributed by atoms with Crippen molar-refractivity contribution in [3.05, 3.63) is 54.1 Å². The van der Waals surface area contributed by atoms with Crippen LogP contribution in [0.3, 0.4) is 0 Å². The standard InChI is InChI=1S/C15H15NO4S/c1-15(20-14(16)19,21-11-5-3-2-4-6-11)12-8-7-10(17)9-13(12)18/h2-9,17-18H,1H3,(H2,16,19). The zero-order valence-electron chi connectivity index (χ0n) is 11.3. The van der Waals surface area contributed by atoms with Crippen molar-refractivity contribution in [2.24, 2.45) is 5.73 Å². The lowest BCUT2D eigenvalue weighted by Gasteiger charge is -2.29. The molecule has 0 bridgehead atoms. The molecule has 0 aliphatic heterocycles. The molecular formula is C15H15NO4S. The van der Waals surface area contributed by atoms with E-state index in [1.54, 1.807) is 6.92 Å². The Morgan fingerprint density at radius 1 is 1.19 bits per heavy atom. The smallest absolute Gasteiger partial charge is 0.406 e. The van der Waals surface area contributed by atoms with E-state index < -0.39 is 11.0 Å². The summed E-state index contributed by atoms with van der Waals surface area (Å²) >= 11 is 1.23. The molecule has 2 aromatic carbocycles. The van der Waals surface area contributed by atoms with Gasteiger partial charge in [-0.3, -0.25) is 0 Å². The second kappa shape index (κ2) is 5.97. The summed E-state index contributed by atoms with van der Waals surface area (Å²) in [5, 5.41) is 19.4. The first kappa shape index (κ1) is 15.1. The molecule has 5 nitrogen and oxygen atoms in total. The van der Waals surface area contributed by atoms with E-state index in [1.807, 2.05) is 30.3 Å². The average molecular weight is 305 g/mol. The molecule has 2 aromatic rings. The van der Waals surface area contributed by atoms with Crippen molar-refractivity contribution in [2.75, 3.05) is 0 Å². The van der Waals surface area contributed by atoms with Crippen LogP contribution in [0.5, 0.6) is 11.5 Å². The van der Waals surface area contributed by atoms with Crippen molar-refractivity contribution in [1.29, 1.82) is 0 Å². The van der Waals surface area contributed by atoms with Crippen LogP contribution in [0.4, 0.5) is 4.79 Å². The Bertz CT molecular complexity index is 647. The van der Waals surface area contributed by atoms with Gasteiger partial charge in [-0.25, -0.2) is 4.79 Å². The number of aromatic hydroxyl groups is 2. The van der Waals surface area contributed by atoms with Crippen molar-refractivity contribution in [1.82, 2.24) is 0 Å². The molecule has 0 heterocycles. The lowest BCUT2D eigenvalue weighted by molar-refractivity contribution is 0.0932. The summed E-state index contributed by atoms with van der Waals surface area (Å²) in [7, 11) is 0. The van der Waals surface area contributed by atoms with Gasteiger partial charge in [-0.15, -0.1) is 0 Å². The number of thioether (sulfide) groups is 1. The topological polar surface area (TPSA) is 92.8 Å². The van der Waals surface area contributed by atoms with Gasteiger partial charge >= 0.3 is 6.09 Å². The maximum Gasteiger partial charge on any atom is 0.406 e. The molecule has 1 amide bonds. The minimum atomic E-state index is -1.22. The third-order valence-corrected chi connectivity index (χ3v) is 4.02. The number of hydrogen-bond acceptors (Lipinski definition) is 5. The van der Waals surface area contributed by atoms with Crippen LogP contribution in [0.2, 0.25) is 0 Å². The maximum absolute atomic E-state index is 11.2. The summed E-state index contributed by atoms with van der Waals surface area (Å²) in [6.07, 6.45) is -0.951. The monoisotopic (exact) mass is 305 g/mol. The van der Waals surface area contributed by atoms with Crippen molar-refractivity contribution in [3.63, 3.8) is 0 Å². The van der Waals surface area contributed by atoms with Gasteiger partial charge in [0.25, 0.3) is 0 Å². The number of nitrogens with two attached hydrogens (primary N) is 1. The fourth-order valence-corrected chi connectivity index (χ4v) is 3.09. The molecule has 2 rings (SSSR count). The fraction of sp³-hybridized carbons (Fsp3) is 0.133. The highest BCUT2D eigenvalue weighted by atomic mass is 32.2. The highest BCUT2D eigenvalue weighted by molar-refractivity contribution is 8.00. The van der Waals surface area contributed by atoms with Gasteiger partial charge in [0, 0.05) is 16.5 Å². The molecule has 0 aliphatic carbocycles. The predicted molar refractivity (Wildman–Crippen MR) is 80.1 cm³/mol. The summed E-state index contributed by atoms with van der Waals surface area (Å²) < 4.78 is 5.21. The first-order valence-electron chi connectivity index (χ1n) is 6.16. The number of rotatable bonds is 4. The lowest BCUT2D eigenvalue weighted by atomic mass is 10.1. The summed E-state index contributed by atoms with van der Waals surface area (Å²) in [5.74, 6) is -0.260. The van der Waals surface area contributed by atoms with Crippen molar-refractivity contribution < 1.29 is 19.7 Å². The molecule has 6 heteroatoms. The predicted octanol–water partition coefficient (Wildman–Crippen LogP) is 3.16. The number of carbonyl (C=O) groups is 1. The van der Waals surface area contributed by atoms with E-state index in [0.717, 1.165) is 4.90 Å². The summed E-state index contributed by atoms with van der Waals surface area (Å²) in [4.78, 5) is 10.8. The quantitative estimate of drug-likeness (QED) is 0.596. The normalized spacial score (nSPS) is 13.4. The van der Waals surface area contributed by atoms with Gasteiger partial charge in [0.2, 0.25) is 0 Å². The third-order valence-electron chi connectivity index (χ3n) is 2.82. The number of carbonyl (C=O) groups excluding carboxylic acids is 1. The Labute approximate surface area is 126 Å². The first-order valence-corrected chi connectivity index (χ1v) is 6.97. The van der Waals surface area contributed by atoms with E-state index in [-0.39, 0.29) is 11.5 Å². The van der Waals surface area contributed by atoms with E-state index in [0.29, 0.717) is 5.56 Å². The molecule has 0 saturated carbocycles. The zero-order valence-corrected chi connectivity index (χ0v) is 12.1. The number of hydrogen-bond donors (Lipinski definition) is 3. The van der Waals surface area contributed by atoms with Crippen LogP contribution in [0.1, 0.15) is 12.5 Å². The molecule has 110 valence electrons. The number of phenolic OH excluding ortho intramolecular Hbond substituents is 2. The van der Waals surface area contributed by atoms with Crippen LogP contribution in [0.15, 0.2) is 53.4 Å². The molecule has 0 fully saturated rings. The largest absolute Gasteiger partial charge is 0.508 e. The Morgan fingerprint density at radius 2 is 1.86 bits per heavy atom. The fourth-order valence-electron chi connectivity index (χ4n) is 1.94. The SMILES string of the molecule is CC(OC(N)=O)(Sc1ccccc1)c1ccc(O)cc1O. The van der Waals surface area contributed by atoms with E-state index >= 15 is 0 Å². The molecule has 0 aliphatic rings. The number of phenols is 2. The van der Waals surface area contributed by atoms with Gasteiger partial charge in [0.05, 0.1) is 0 Å². The molecule has 1 atom stereocenters. The van der Waals surface area contributed by atoms with E-state index in [9.17, 15) is 15.0 Å². The number of ether oxygens (including phenoxy) is 1. The second-order valence-electron chi connectivity index (χ2n) is 4.48. The van der Waals surface area contributed by atoms with E-state index in [4.69, 9.17) is 10.5 Å². The minimum absolute atomic E-state index is 0.0811. The van der Waals surface area contributed by atoms with Crippen molar-refractivity contribution >= 4 is 17.9 Å². The van der Waals surface area contributed by atoms with Crippen LogP contribution in [0, 0.1) is 0 Å². The van der Waals surface area contributed by atoms with Gasteiger partial charge in [-0.05, 0) is 31.2 Å². The second-order valence-corrected chi connectivity index (χ2v) is 5.94. The van der Waals surface area contributed by atoms with Crippen LogP contribution in [-0.2, 0) is 9.67 Å².